The molecular weight excluding hydrogens is 1250 g/mol. The fourth-order valence-electron chi connectivity index (χ4n) is 17.2. The molecule has 0 fully saturated rings. The zero-order valence-corrected chi connectivity index (χ0v) is 61.7. The van der Waals surface area contributed by atoms with Crippen molar-refractivity contribution in [1.82, 2.24) is 18.3 Å². The van der Waals surface area contributed by atoms with Crippen LogP contribution in [0, 0.1) is 13.8 Å². The van der Waals surface area contributed by atoms with E-state index in [0.29, 0.717) is 45.5 Å². The van der Waals surface area contributed by atoms with E-state index < -0.39 is 0 Å². The summed E-state index contributed by atoms with van der Waals surface area (Å²) in [7, 11) is 7.94. The maximum atomic E-state index is 14.2. The highest BCUT2D eigenvalue weighted by molar-refractivity contribution is 6.05. The summed E-state index contributed by atoms with van der Waals surface area (Å²) in [4.78, 5) is 55.8. The second-order valence-electron chi connectivity index (χ2n) is 29.9. The first kappa shape index (κ1) is 70.7. The topological polar surface area (TPSA) is 106 Å². The van der Waals surface area contributed by atoms with Gasteiger partial charge in [0.1, 0.15) is 11.5 Å². The number of rotatable bonds is 34. The Hall–Kier alpha value is -8.76. The fraction of sp³-hybridized carbons (Fsp3) is 0.429. The number of hydrogen-bond donors (Lipinski definition) is 0. The highest BCUT2D eigenvalue weighted by Gasteiger charge is 2.43. The quantitative estimate of drug-likeness (QED) is 0.0294. The monoisotopic (exact) mass is 1350 g/mol. The molecule has 1 aliphatic carbocycles. The van der Waals surface area contributed by atoms with Crippen LogP contribution in [-0.2, 0) is 46.4 Å². The Morgan fingerprint density at radius 3 is 0.990 bits per heavy atom. The van der Waals surface area contributed by atoms with Gasteiger partial charge in [-0.05, 0) is 195 Å². The molecule has 13 rings (SSSR count). The molecule has 10 nitrogen and oxygen atoms in total. The van der Waals surface area contributed by atoms with E-state index in [9.17, 15) is 19.2 Å². The third-order valence-corrected chi connectivity index (χ3v) is 23.1. The number of aryl methyl sites for hydroxylation is 8. The van der Waals surface area contributed by atoms with Crippen molar-refractivity contribution in [2.24, 2.45) is 28.2 Å². The molecule has 0 atom stereocenters. The summed E-state index contributed by atoms with van der Waals surface area (Å²) in [6.07, 6.45) is 33.1. The van der Waals surface area contributed by atoms with Gasteiger partial charge in [0.25, 0.3) is 0 Å². The zero-order chi connectivity index (χ0) is 70.3. The van der Waals surface area contributed by atoms with E-state index in [1.54, 1.807) is 0 Å². The third kappa shape index (κ3) is 14.3. The van der Waals surface area contributed by atoms with Gasteiger partial charge < -0.3 is 27.7 Å². The van der Waals surface area contributed by atoms with Crippen molar-refractivity contribution in [3.63, 3.8) is 0 Å². The zero-order valence-electron chi connectivity index (χ0n) is 61.7. The summed E-state index contributed by atoms with van der Waals surface area (Å²) >= 11 is 0. The van der Waals surface area contributed by atoms with Crippen molar-refractivity contribution < 1.29 is 9.47 Å². The average Bonchev–Trinajstić information content (AvgIpc) is 1.70. The molecule has 526 valence electrons. The number of para-hydroxylation sites is 2. The van der Waals surface area contributed by atoms with Gasteiger partial charge in [-0.3, -0.25) is 19.2 Å². The van der Waals surface area contributed by atoms with E-state index >= 15 is 0 Å². The number of unbranched alkanes of at least 4 members (excludes halogenated alkanes) is 20. The Balaban J connectivity index is 0.621. The van der Waals surface area contributed by atoms with Crippen LogP contribution in [0.5, 0.6) is 11.5 Å². The molecule has 0 radical (unpaired) electrons. The van der Waals surface area contributed by atoms with Crippen molar-refractivity contribution in [1.29, 1.82) is 0 Å². The lowest BCUT2D eigenvalue weighted by atomic mass is 9.70. The first-order chi connectivity index (χ1) is 49.2. The van der Waals surface area contributed by atoms with E-state index in [1.807, 2.05) is 110 Å². The van der Waals surface area contributed by atoms with Gasteiger partial charge in [0, 0.05) is 76.7 Å². The van der Waals surface area contributed by atoms with Crippen molar-refractivity contribution in [3.8, 4) is 22.6 Å². The number of benzene rings is 8. The number of nitrogens with zero attached hydrogens (tertiary/aromatic N) is 4. The Kier molecular flexibility index (Phi) is 22.1. The lowest BCUT2D eigenvalue weighted by Crippen LogP contribution is -2.26. The predicted molar refractivity (Wildman–Crippen MR) is 426 cm³/mol. The number of pyridine rings is 4. The van der Waals surface area contributed by atoms with E-state index in [2.05, 4.69) is 97.5 Å². The van der Waals surface area contributed by atoms with Crippen molar-refractivity contribution in [3.05, 3.63) is 208 Å². The fourth-order valence-corrected chi connectivity index (χ4v) is 17.2. The van der Waals surface area contributed by atoms with E-state index in [-0.39, 0.29) is 27.1 Å². The highest BCUT2D eigenvalue weighted by atomic mass is 16.5. The molecule has 0 amide bonds. The van der Waals surface area contributed by atoms with Gasteiger partial charge in [0.2, 0.25) is 0 Å². The molecule has 0 unspecified atom stereocenters. The van der Waals surface area contributed by atoms with Crippen LogP contribution in [-0.4, -0.2) is 31.5 Å². The molecule has 12 aromatic rings. The van der Waals surface area contributed by atoms with Crippen LogP contribution in [0.2, 0.25) is 0 Å². The number of aromatic nitrogens is 4. The molecule has 0 bridgehead atoms. The molecule has 0 saturated carbocycles. The molecule has 0 saturated heterocycles. The smallest absolute Gasteiger partial charge is 0.197 e. The lowest BCUT2D eigenvalue weighted by molar-refractivity contribution is 0.302. The van der Waals surface area contributed by atoms with Crippen LogP contribution < -0.4 is 31.2 Å². The molecule has 0 aliphatic heterocycles. The van der Waals surface area contributed by atoms with Crippen molar-refractivity contribution >= 4 is 87.2 Å². The molecule has 4 heterocycles. The Bertz CT molecular complexity index is 4990. The number of ether oxygens (including phenoxy) is 2. The average molecular weight is 1350 g/mol. The van der Waals surface area contributed by atoms with Gasteiger partial charge in [0.15, 0.2) is 21.7 Å². The standard InChI is InChI=1S/C91H106N4O6/c1-9-11-13-15-23-33-47-91(48-34-24-16-14-12-10-2)75-51-61(3)85(100-49-35-25-19-17-21-27-37-63-43-45-79-69(53-63)89(98)73-57-81-71(55-83(73)94(79)7)87(96)65-39-29-31-41-77(65)92(81)5)59-67(75)68-60-86(62(4)52-76(68)91)101-50-36-26-20-18-22-28-38-64-44-46-80-70(54-64)90(99)74-58-82-72(56-84(74)95(80)8)88(97)66-40-30-32-42-78(66)93(82)6/h29-32,39-46,51-60H,9-28,33-38,47-50H2,1-8H3. The van der Waals surface area contributed by atoms with Crippen molar-refractivity contribution in [2.75, 3.05) is 13.2 Å². The molecule has 8 aromatic carbocycles. The maximum absolute atomic E-state index is 14.2. The third-order valence-electron chi connectivity index (χ3n) is 23.1. The molecule has 0 spiro atoms. The Labute approximate surface area is 596 Å². The SMILES string of the molecule is CCCCCCCCC1(CCCCCCCC)c2cc(C)c(OCCCCCCCCc3ccc4c(c3)c(=O)c3cc5c(cc3n4C)c(=O)c3ccccc3n5C)cc2-c2cc(OCCCCCCCCc3ccc4c(c3)c(=O)c3cc5c(cc3n4C)c(=O)c3ccccc3n5C)c(C)cc21. The van der Waals surface area contributed by atoms with Gasteiger partial charge in [-0.1, -0.05) is 191 Å². The first-order valence-corrected chi connectivity index (χ1v) is 38.7. The second kappa shape index (κ2) is 31.6. The van der Waals surface area contributed by atoms with Gasteiger partial charge >= 0.3 is 0 Å². The normalized spacial score (nSPS) is 12.8. The molecule has 10 heteroatoms. The summed E-state index contributed by atoms with van der Waals surface area (Å²) in [5, 5.41) is 5.34. The van der Waals surface area contributed by atoms with Crippen molar-refractivity contribution in [2.45, 2.75) is 213 Å². The van der Waals surface area contributed by atoms with E-state index in [0.717, 1.165) is 143 Å². The molecular formula is C91H106N4O6. The van der Waals surface area contributed by atoms with Crippen LogP contribution in [0.15, 0.2) is 153 Å². The Morgan fingerprint density at radius 1 is 0.307 bits per heavy atom. The van der Waals surface area contributed by atoms with Crippen LogP contribution in [0.25, 0.3) is 98.4 Å². The second-order valence-corrected chi connectivity index (χ2v) is 29.9. The van der Waals surface area contributed by atoms with Gasteiger partial charge in [-0.25, -0.2) is 0 Å². The molecule has 101 heavy (non-hydrogen) atoms. The van der Waals surface area contributed by atoms with Crippen LogP contribution in [0.4, 0.5) is 0 Å². The van der Waals surface area contributed by atoms with E-state index in [1.165, 1.54) is 147 Å². The number of fused-ring (bicyclic) bond motifs is 11. The first-order valence-electron chi connectivity index (χ1n) is 38.7. The molecule has 1 aliphatic rings. The molecule has 4 aromatic heterocycles. The Morgan fingerprint density at radius 2 is 0.614 bits per heavy atom. The minimum absolute atomic E-state index is 0.00845. The predicted octanol–water partition coefficient (Wildman–Crippen LogP) is 22.0. The minimum atomic E-state index is -0.0300. The summed E-state index contributed by atoms with van der Waals surface area (Å²) in [5.74, 6) is 2.02. The van der Waals surface area contributed by atoms with Gasteiger partial charge in [-0.15, -0.1) is 0 Å². The highest BCUT2D eigenvalue weighted by Crippen LogP contribution is 2.57. The maximum Gasteiger partial charge on any atom is 0.197 e. The minimum Gasteiger partial charge on any atom is -0.493 e. The van der Waals surface area contributed by atoms with Crippen LogP contribution >= 0.6 is 0 Å². The summed E-state index contributed by atoms with van der Waals surface area (Å²) < 4.78 is 21.8. The van der Waals surface area contributed by atoms with Gasteiger partial charge in [0.05, 0.1) is 57.3 Å². The van der Waals surface area contributed by atoms with Crippen LogP contribution in [0.1, 0.15) is 214 Å². The van der Waals surface area contributed by atoms with E-state index in [4.69, 9.17) is 9.47 Å². The molecule has 0 N–H and O–H groups in total. The van der Waals surface area contributed by atoms with Crippen LogP contribution in [0.3, 0.4) is 0 Å². The largest absolute Gasteiger partial charge is 0.493 e. The van der Waals surface area contributed by atoms with Gasteiger partial charge in [-0.2, -0.15) is 0 Å². The number of hydrogen-bond acceptors (Lipinski definition) is 6. The summed E-state index contributed by atoms with van der Waals surface area (Å²) in [5.41, 5.74) is 17.1. The lowest BCUT2D eigenvalue weighted by Gasteiger charge is -2.33. The summed E-state index contributed by atoms with van der Waals surface area (Å²) in [6.45, 7) is 10.6. The summed E-state index contributed by atoms with van der Waals surface area (Å²) in [6, 6.07) is 45.6.